The van der Waals surface area contributed by atoms with E-state index in [1.165, 1.54) is 0 Å². The van der Waals surface area contributed by atoms with Crippen LogP contribution in [0, 0.1) is 0 Å². The van der Waals surface area contributed by atoms with Crippen molar-refractivity contribution >= 4 is 11.5 Å². The Morgan fingerprint density at radius 1 is 1.10 bits per heavy atom. The van der Waals surface area contributed by atoms with Gasteiger partial charge in [-0.1, -0.05) is 36.9 Å². The highest BCUT2D eigenvalue weighted by Gasteiger charge is 2.07. The number of anilines is 1. The standard InChI is InChI=1S/C17H17NO2/c1-13(12-17(19)14-6-4-3-5-7-14)18-15-8-10-16(20-2)11-9-15/h3-11,18H,1,12H2,2H3. The van der Waals surface area contributed by atoms with E-state index in [0.29, 0.717) is 11.3 Å². The maximum Gasteiger partial charge on any atom is 0.168 e. The lowest BCUT2D eigenvalue weighted by atomic mass is 10.1. The second kappa shape index (κ2) is 6.57. The number of hydrogen-bond donors (Lipinski definition) is 1. The summed E-state index contributed by atoms with van der Waals surface area (Å²) in [6.07, 6.45) is 0.274. The van der Waals surface area contributed by atoms with Crippen molar-refractivity contribution in [3.63, 3.8) is 0 Å². The SMILES string of the molecule is C=C(CC(=O)c1ccccc1)Nc1ccc(OC)cc1. The van der Waals surface area contributed by atoms with E-state index in [-0.39, 0.29) is 12.2 Å². The molecule has 0 radical (unpaired) electrons. The zero-order valence-electron chi connectivity index (χ0n) is 11.4. The minimum absolute atomic E-state index is 0.0524. The molecule has 0 fully saturated rings. The molecule has 0 aliphatic rings. The van der Waals surface area contributed by atoms with E-state index >= 15 is 0 Å². The Balaban J connectivity index is 1.93. The molecule has 2 aromatic rings. The minimum atomic E-state index is 0.0524. The molecule has 3 nitrogen and oxygen atoms in total. The molecule has 0 aliphatic carbocycles. The number of Topliss-reactive ketones (excluding diaryl/α,β-unsaturated/α-hetero) is 1. The van der Waals surface area contributed by atoms with Crippen molar-refractivity contribution in [2.24, 2.45) is 0 Å². The fourth-order valence-corrected chi connectivity index (χ4v) is 1.84. The van der Waals surface area contributed by atoms with Gasteiger partial charge < -0.3 is 10.1 Å². The third-order valence-electron chi connectivity index (χ3n) is 2.88. The molecule has 0 aliphatic heterocycles. The molecule has 1 N–H and O–H groups in total. The molecule has 0 spiro atoms. The van der Waals surface area contributed by atoms with Gasteiger partial charge in [-0.3, -0.25) is 4.79 Å². The van der Waals surface area contributed by atoms with E-state index in [2.05, 4.69) is 11.9 Å². The van der Waals surface area contributed by atoms with Crippen molar-refractivity contribution in [2.75, 3.05) is 12.4 Å². The molecular formula is C17H17NO2. The Bertz CT molecular complexity index is 588. The number of benzene rings is 2. The van der Waals surface area contributed by atoms with E-state index in [0.717, 1.165) is 11.4 Å². The Kier molecular flexibility index (Phi) is 4.56. The van der Waals surface area contributed by atoms with Crippen LogP contribution in [-0.2, 0) is 0 Å². The summed E-state index contributed by atoms with van der Waals surface area (Å²) in [5.41, 5.74) is 2.26. The lowest BCUT2D eigenvalue weighted by molar-refractivity contribution is 0.0993. The molecule has 2 aromatic carbocycles. The van der Waals surface area contributed by atoms with Crippen molar-refractivity contribution in [2.45, 2.75) is 6.42 Å². The summed E-state index contributed by atoms with van der Waals surface area (Å²) in [5, 5.41) is 3.12. The number of rotatable bonds is 6. The Morgan fingerprint density at radius 2 is 1.75 bits per heavy atom. The van der Waals surface area contributed by atoms with Gasteiger partial charge in [0.05, 0.1) is 13.5 Å². The van der Waals surface area contributed by atoms with Gasteiger partial charge in [-0.05, 0) is 24.3 Å². The van der Waals surface area contributed by atoms with Crippen LogP contribution in [0.4, 0.5) is 5.69 Å². The van der Waals surface area contributed by atoms with Gasteiger partial charge in [-0.25, -0.2) is 0 Å². The fourth-order valence-electron chi connectivity index (χ4n) is 1.84. The van der Waals surface area contributed by atoms with Crippen LogP contribution < -0.4 is 10.1 Å². The first-order valence-electron chi connectivity index (χ1n) is 6.36. The topological polar surface area (TPSA) is 38.3 Å². The number of hydrogen-bond acceptors (Lipinski definition) is 3. The van der Waals surface area contributed by atoms with Gasteiger partial charge in [-0.15, -0.1) is 0 Å². The number of nitrogens with one attached hydrogen (secondary N) is 1. The molecule has 2 rings (SSSR count). The maximum atomic E-state index is 12.0. The second-order valence-electron chi connectivity index (χ2n) is 4.42. The van der Waals surface area contributed by atoms with Gasteiger partial charge in [0.25, 0.3) is 0 Å². The van der Waals surface area contributed by atoms with Gasteiger partial charge in [0, 0.05) is 16.9 Å². The fraction of sp³-hybridized carbons (Fsp3) is 0.118. The number of allylic oxidation sites excluding steroid dienone is 1. The van der Waals surface area contributed by atoms with Crippen molar-refractivity contribution in [3.8, 4) is 5.75 Å². The maximum absolute atomic E-state index is 12.0. The van der Waals surface area contributed by atoms with Crippen LogP contribution in [0.3, 0.4) is 0 Å². The number of carbonyl (C=O) groups is 1. The molecular weight excluding hydrogens is 250 g/mol. The number of methoxy groups -OCH3 is 1. The van der Waals surface area contributed by atoms with E-state index in [4.69, 9.17) is 4.74 Å². The van der Waals surface area contributed by atoms with Crippen LogP contribution >= 0.6 is 0 Å². The van der Waals surface area contributed by atoms with E-state index in [1.807, 2.05) is 54.6 Å². The summed E-state index contributed by atoms with van der Waals surface area (Å²) in [6, 6.07) is 16.7. The zero-order valence-corrected chi connectivity index (χ0v) is 11.4. The average molecular weight is 267 g/mol. The van der Waals surface area contributed by atoms with Gasteiger partial charge in [0.15, 0.2) is 5.78 Å². The molecule has 0 saturated carbocycles. The van der Waals surface area contributed by atoms with Crippen LogP contribution in [0.2, 0.25) is 0 Å². The monoisotopic (exact) mass is 267 g/mol. The Hall–Kier alpha value is -2.55. The van der Waals surface area contributed by atoms with Crippen LogP contribution in [0.1, 0.15) is 16.8 Å². The zero-order chi connectivity index (χ0) is 14.4. The second-order valence-corrected chi connectivity index (χ2v) is 4.42. The molecule has 0 bridgehead atoms. The lowest BCUT2D eigenvalue weighted by Crippen LogP contribution is -2.06. The summed E-state index contributed by atoms with van der Waals surface area (Å²) >= 11 is 0. The average Bonchev–Trinajstić information content (AvgIpc) is 2.49. The first-order valence-corrected chi connectivity index (χ1v) is 6.36. The van der Waals surface area contributed by atoms with E-state index in [1.54, 1.807) is 7.11 Å². The first-order chi connectivity index (χ1) is 9.69. The number of ether oxygens (including phenoxy) is 1. The summed E-state index contributed by atoms with van der Waals surface area (Å²) < 4.78 is 5.09. The molecule has 20 heavy (non-hydrogen) atoms. The van der Waals surface area contributed by atoms with Crippen LogP contribution in [-0.4, -0.2) is 12.9 Å². The predicted molar refractivity (Wildman–Crippen MR) is 81.1 cm³/mol. The normalized spacial score (nSPS) is 9.85. The van der Waals surface area contributed by atoms with Crippen molar-refractivity contribution in [3.05, 3.63) is 72.4 Å². The quantitative estimate of drug-likeness (QED) is 0.807. The number of carbonyl (C=O) groups excluding carboxylic acids is 1. The molecule has 0 heterocycles. The minimum Gasteiger partial charge on any atom is -0.497 e. The van der Waals surface area contributed by atoms with Crippen LogP contribution in [0.5, 0.6) is 5.75 Å². The Labute approximate surface area is 118 Å². The summed E-state index contributed by atoms with van der Waals surface area (Å²) in [6.45, 7) is 3.89. The van der Waals surface area contributed by atoms with Crippen molar-refractivity contribution < 1.29 is 9.53 Å². The third-order valence-corrected chi connectivity index (χ3v) is 2.88. The van der Waals surface area contributed by atoms with Crippen molar-refractivity contribution in [1.82, 2.24) is 0 Å². The lowest BCUT2D eigenvalue weighted by Gasteiger charge is -2.09. The smallest absolute Gasteiger partial charge is 0.168 e. The van der Waals surface area contributed by atoms with E-state index in [9.17, 15) is 4.79 Å². The molecule has 0 saturated heterocycles. The predicted octanol–water partition coefficient (Wildman–Crippen LogP) is 3.89. The highest BCUT2D eigenvalue weighted by atomic mass is 16.5. The summed E-state index contributed by atoms with van der Waals surface area (Å²) in [5.74, 6) is 0.845. The van der Waals surface area contributed by atoms with Crippen molar-refractivity contribution in [1.29, 1.82) is 0 Å². The van der Waals surface area contributed by atoms with Gasteiger partial charge in [0.2, 0.25) is 0 Å². The van der Waals surface area contributed by atoms with E-state index < -0.39 is 0 Å². The largest absolute Gasteiger partial charge is 0.497 e. The molecule has 0 unspecified atom stereocenters. The number of ketones is 1. The molecule has 3 heteroatoms. The molecule has 0 atom stereocenters. The molecule has 102 valence electrons. The first kappa shape index (κ1) is 13.9. The highest BCUT2D eigenvalue weighted by Crippen LogP contribution is 2.17. The third kappa shape index (κ3) is 3.72. The summed E-state index contributed by atoms with van der Waals surface area (Å²) in [7, 11) is 1.62. The molecule has 0 aromatic heterocycles. The van der Waals surface area contributed by atoms with Gasteiger partial charge in [-0.2, -0.15) is 0 Å². The Morgan fingerprint density at radius 3 is 2.35 bits per heavy atom. The van der Waals surface area contributed by atoms with Gasteiger partial charge in [0.1, 0.15) is 5.75 Å². The van der Waals surface area contributed by atoms with Gasteiger partial charge >= 0.3 is 0 Å². The summed E-state index contributed by atoms with van der Waals surface area (Å²) in [4.78, 5) is 12.0. The van der Waals surface area contributed by atoms with Crippen LogP contribution in [0.25, 0.3) is 0 Å². The van der Waals surface area contributed by atoms with Crippen LogP contribution in [0.15, 0.2) is 66.9 Å². The highest BCUT2D eigenvalue weighted by molar-refractivity contribution is 5.97. The molecule has 0 amide bonds.